The summed E-state index contributed by atoms with van der Waals surface area (Å²) in [6, 6.07) is 8.31. The molecule has 1 aromatic carbocycles. The Balaban J connectivity index is 1.59. The van der Waals surface area contributed by atoms with Gasteiger partial charge in [-0.15, -0.1) is 0 Å². The SMILES string of the molecule is CCc1cccc2c(C3=CCN(C(=O)c4cc(C)oc4C)CC3)c[nH]c12. The number of carbonyl (C=O) groups excluding carboxylic acids is 1. The maximum atomic E-state index is 12.8. The van der Waals surface area contributed by atoms with Gasteiger partial charge in [-0.1, -0.05) is 31.2 Å². The van der Waals surface area contributed by atoms with Crippen molar-refractivity contribution in [2.24, 2.45) is 0 Å². The van der Waals surface area contributed by atoms with Gasteiger partial charge in [-0.25, -0.2) is 0 Å². The van der Waals surface area contributed by atoms with Crippen LogP contribution in [0.5, 0.6) is 0 Å². The molecule has 134 valence electrons. The Bertz CT molecular complexity index is 1010. The van der Waals surface area contributed by atoms with Crippen molar-refractivity contribution < 1.29 is 9.21 Å². The molecule has 0 aliphatic carbocycles. The minimum absolute atomic E-state index is 0.0573. The predicted octanol–water partition coefficient (Wildman–Crippen LogP) is 4.87. The number of hydrogen-bond donors (Lipinski definition) is 1. The van der Waals surface area contributed by atoms with Crippen LogP contribution in [0, 0.1) is 13.8 Å². The molecule has 0 saturated heterocycles. The van der Waals surface area contributed by atoms with E-state index in [4.69, 9.17) is 4.42 Å². The first-order valence-electron chi connectivity index (χ1n) is 9.23. The first kappa shape index (κ1) is 16.7. The third-order valence-electron chi connectivity index (χ3n) is 5.30. The van der Waals surface area contributed by atoms with Crippen molar-refractivity contribution in [1.82, 2.24) is 9.88 Å². The van der Waals surface area contributed by atoms with Gasteiger partial charge in [0, 0.05) is 35.8 Å². The van der Waals surface area contributed by atoms with Gasteiger partial charge in [0.25, 0.3) is 5.91 Å². The summed E-state index contributed by atoms with van der Waals surface area (Å²) in [5.74, 6) is 1.54. The van der Waals surface area contributed by atoms with E-state index in [9.17, 15) is 4.79 Å². The third-order valence-corrected chi connectivity index (χ3v) is 5.30. The largest absolute Gasteiger partial charge is 0.466 e. The Hall–Kier alpha value is -2.75. The molecular weight excluding hydrogens is 324 g/mol. The molecule has 4 nitrogen and oxygen atoms in total. The van der Waals surface area contributed by atoms with Crippen LogP contribution in [-0.2, 0) is 6.42 Å². The standard InChI is InChI=1S/C22H24N2O2/c1-4-16-6-5-7-18-20(13-23-21(16)18)17-8-10-24(11-9-17)22(25)19-12-14(2)26-15(19)3/h5-8,12-13,23H,4,9-11H2,1-3H3. The molecule has 0 fully saturated rings. The van der Waals surface area contributed by atoms with Crippen molar-refractivity contribution >= 4 is 22.4 Å². The Morgan fingerprint density at radius 1 is 1.31 bits per heavy atom. The fourth-order valence-electron chi connectivity index (χ4n) is 3.89. The maximum absolute atomic E-state index is 12.8. The molecule has 0 bridgehead atoms. The highest BCUT2D eigenvalue weighted by Crippen LogP contribution is 2.31. The summed E-state index contributed by atoms with van der Waals surface area (Å²) in [6.45, 7) is 7.27. The average Bonchev–Trinajstić information content (AvgIpc) is 3.24. The van der Waals surface area contributed by atoms with Crippen LogP contribution >= 0.6 is 0 Å². The van der Waals surface area contributed by atoms with Crippen LogP contribution < -0.4 is 0 Å². The number of hydrogen-bond acceptors (Lipinski definition) is 2. The molecule has 0 unspecified atom stereocenters. The van der Waals surface area contributed by atoms with Crippen LogP contribution in [0.25, 0.3) is 16.5 Å². The molecule has 3 heterocycles. The Labute approximate surface area is 153 Å². The van der Waals surface area contributed by atoms with Gasteiger partial charge in [0.15, 0.2) is 0 Å². The highest BCUT2D eigenvalue weighted by Gasteiger charge is 2.23. The van der Waals surface area contributed by atoms with Crippen molar-refractivity contribution in [3.8, 4) is 0 Å². The molecule has 1 aliphatic rings. The van der Waals surface area contributed by atoms with Crippen molar-refractivity contribution in [3.05, 3.63) is 64.7 Å². The highest BCUT2D eigenvalue weighted by molar-refractivity contribution is 5.97. The molecular formula is C22H24N2O2. The molecule has 1 N–H and O–H groups in total. The molecule has 0 saturated carbocycles. The highest BCUT2D eigenvalue weighted by atomic mass is 16.3. The predicted molar refractivity (Wildman–Crippen MR) is 104 cm³/mol. The minimum atomic E-state index is 0.0573. The molecule has 0 atom stereocenters. The number of carbonyl (C=O) groups is 1. The van der Waals surface area contributed by atoms with Gasteiger partial charge < -0.3 is 14.3 Å². The molecule has 4 heteroatoms. The first-order chi connectivity index (χ1) is 12.6. The number of fused-ring (bicyclic) bond motifs is 1. The molecule has 3 aromatic rings. The number of amides is 1. The number of H-pyrrole nitrogens is 1. The van der Waals surface area contributed by atoms with Gasteiger partial charge in [-0.05, 0) is 43.9 Å². The van der Waals surface area contributed by atoms with E-state index in [2.05, 4.69) is 42.4 Å². The summed E-state index contributed by atoms with van der Waals surface area (Å²) in [5.41, 5.74) is 5.83. The fourth-order valence-corrected chi connectivity index (χ4v) is 3.89. The lowest BCUT2D eigenvalue weighted by Gasteiger charge is -2.26. The van der Waals surface area contributed by atoms with Gasteiger partial charge in [0.1, 0.15) is 11.5 Å². The second kappa shape index (κ2) is 6.52. The number of furan rings is 1. The average molecular weight is 348 g/mol. The van der Waals surface area contributed by atoms with Crippen LogP contribution in [0.1, 0.15) is 46.3 Å². The number of aromatic amines is 1. The summed E-state index contributed by atoms with van der Waals surface area (Å²) in [7, 11) is 0. The topological polar surface area (TPSA) is 49.2 Å². The van der Waals surface area contributed by atoms with E-state index < -0.39 is 0 Å². The van der Waals surface area contributed by atoms with E-state index in [1.54, 1.807) is 0 Å². The van der Waals surface area contributed by atoms with Gasteiger partial charge in [0.2, 0.25) is 0 Å². The first-order valence-corrected chi connectivity index (χ1v) is 9.23. The van der Waals surface area contributed by atoms with Crippen molar-refractivity contribution in [2.75, 3.05) is 13.1 Å². The van der Waals surface area contributed by atoms with Crippen LogP contribution in [-0.4, -0.2) is 28.9 Å². The second-order valence-electron chi connectivity index (χ2n) is 6.95. The zero-order valence-electron chi connectivity index (χ0n) is 15.6. The fraction of sp³-hybridized carbons (Fsp3) is 0.318. The van der Waals surface area contributed by atoms with Crippen molar-refractivity contribution in [1.29, 1.82) is 0 Å². The van der Waals surface area contributed by atoms with Gasteiger partial charge in [0.05, 0.1) is 5.56 Å². The van der Waals surface area contributed by atoms with Crippen molar-refractivity contribution in [3.63, 3.8) is 0 Å². The normalized spacial score (nSPS) is 14.7. The third kappa shape index (κ3) is 2.75. The number of para-hydroxylation sites is 1. The molecule has 0 radical (unpaired) electrons. The number of nitrogens with one attached hydrogen (secondary N) is 1. The quantitative estimate of drug-likeness (QED) is 0.734. The number of rotatable bonds is 3. The molecule has 0 spiro atoms. The second-order valence-corrected chi connectivity index (χ2v) is 6.95. The van der Waals surface area contributed by atoms with Gasteiger partial charge in [-0.3, -0.25) is 4.79 Å². The number of nitrogens with zero attached hydrogens (tertiary/aromatic N) is 1. The number of aryl methyl sites for hydroxylation is 3. The Kier molecular flexibility index (Phi) is 4.19. The summed E-state index contributed by atoms with van der Waals surface area (Å²) in [5, 5.41) is 1.27. The van der Waals surface area contributed by atoms with Crippen LogP contribution in [0.3, 0.4) is 0 Å². The lowest BCUT2D eigenvalue weighted by molar-refractivity contribution is 0.0771. The van der Waals surface area contributed by atoms with Crippen LogP contribution in [0.4, 0.5) is 0 Å². The molecule has 1 aliphatic heterocycles. The van der Waals surface area contributed by atoms with Crippen LogP contribution in [0.2, 0.25) is 0 Å². The summed E-state index contributed by atoms with van der Waals surface area (Å²) >= 11 is 0. The van der Waals surface area contributed by atoms with Crippen molar-refractivity contribution in [2.45, 2.75) is 33.6 Å². The molecule has 1 amide bonds. The summed E-state index contributed by atoms with van der Waals surface area (Å²) in [6.07, 6.45) is 6.18. The Morgan fingerprint density at radius 2 is 2.15 bits per heavy atom. The van der Waals surface area contributed by atoms with Gasteiger partial charge >= 0.3 is 0 Å². The number of aromatic nitrogens is 1. The van der Waals surface area contributed by atoms with E-state index in [1.165, 1.54) is 27.6 Å². The lowest BCUT2D eigenvalue weighted by atomic mass is 9.97. The zero-order chi connectivity index (χ0) is 18.3. The van der Waals surface area contributed by atoms with E-state index in [-0.39, 0.29) is 5.91 Å². The number of benzene rings is 1. The summed E-state index contributed by atoms with van der Waals surface area (Å²) < 4.78 is 5.51. The van der Waals surface area contributed by atoms with E-state index >= 15 is 0 Å². The maximum Gasteiger partial charge on any atom is 0.257 e. The monoisotopic (exact) mass is 348 g/mol. The molecule has 2 aromatic heterocycles. The lowest BCUT2D eigenvalue weighted by Crippen LogP contribution is -2.34. The Morgan fingerprint density at radius 3 is 2.81 bits per heavy atom. The zero-order valence-corrected chi connectivity index (χ0v) is 15.6. The van der Waals surface area contributed by atoms with Crippen LogP contribution in [0.15, 0.2) is 41.0 Å². The molecule has 4 rings (SSSR count). The minimum Gasteiger partial charge on any atom is -0.466 e. The summed E-state index contributed by atoms with van der Waals surface area (Å²) in [4.78, 5) is 18.1. The van der Waals surface area contributed by atoms with E-state index in [0.29, 0.717) is 17.9 Å². The smallest absolute Gasteiger partial charge is 0.257 e. The van der Waals surface area contributed by atoms with Gasteiger partial charge in [-0.2, -0.15) is 0 Å². The van der Waals surface area contributed by atoms with E-state index in [1.807, 2.05) is 24.8 Å². The van der Waals surface area contributed by atoms with E-state index in [0.717, 1.165) is 25.1 Å². The molecule has 26 heavy (non-hydrogen) atoms.